The molecule has 7 nitrogen and oxygen atoms in total. The molecule has 0 unspecified atom stereocenters. The largest absolute Gasteiger partial charge is 0.496 e. The van der Waals surface area contributed by atoms with Crippen LogP contribution in [-0.2, 0) is 0 Å². The highest BCUT2D eigenvalue weighted by atomic mass is 16.5. The second kappa shape index (κ2) is 6.33. The standard InChI is InChI=1S/C11H16N4O3/c1-16-8-5-10(18-3)9(17-2)4-7(8)6-14-15-11(12)13/h4-6H,1-3H3,(H4,12,13,15). The molecule has 0 aliphatic rings. The smallest absolute Gasteiger partial charge is 0.211 e. The first-order valence-corrected chi connectivity index (χ1v) is 5.04. The highest BCUT2D eigenvalue weighted by molar-refractivity contribution is 5.86. The number of benzene rings is 1. The van der Waals surface area contributed by atoms with Gasteiger partial charge < -0.3 is 25.7 Å². The average molecular weight is 252 g/mol. The summed E-state index contributed by atoms with van der Waals surface area (Å²) in [6, 6.07) is 3.40. The number of nitrogens with zero attached hydrogens (tertiary/aromatic N) is 2. The van der Waals surface area contributed by atoms with Gasteiger partial charge in [-0.15, -0.1) is 5.10 Å². The van der Waals surface area contributed by atoms with E-state index in [1.807, 2.05) is 0 Å². The molecular formula is C11H16N4O3. The van der Waals surface area contributed by atoms with E-state index in [-0.39, 0.29) is 5.96 Å². The first-order valence-electron chi connectivity index (χ1n) is 5.04. The molecule has 0 saturated carbocycles. The summed E-state index contributed by atoms with van der Waals surface area (Å²) in [5, 5.41) is 7.22. The molecule has 0 fully saturated rings. The Morgan fingerprint density at radius 3 is 2.06 bits per heavy atom. The van der Waals surface area contributed by atoms with Gasteiger partial charge in [0.15, 0.2) is 11.5 Å². The Balaban J connectivity index is 3.17. The third-order valence-corrected chi connectivity index (χ3v) is 2.11. The predicted octanol–water partition coefficient (Wildman–Crippen LogP) is 0.320. The fourth-order valence-corrected chi connectivity index (χ4v) is 1.31. The first kappa shape index (κ1) is 13.6. The van der Waals surface area contributed by atoms with Crippen LogP contribution in [0.1, 0.15) is 5.56 Å². The molecule has 0 aromatic heterocycles. The number of nitrogens with two attached hydrogens (primary N) is 2. The zero-order valence-corrected chi connectivity index (χ0v) is 10.5. The Hall–Kier alpha value is -2.44. The van der Waals surface area contributed by atoms with Gasteiger partial charge in [0.05, 0.1) is 27.5 Å². The summed E-state index contributed by atoms with van der Waals surface area (Å²) in [5.41, 5.74) is 11.0. The summed E-state index contributed by atoms with van der Waals surface area (Å²) < 4.78 is 15.5. The van der Waals surface area contributed by atoms with E-state index in [2.05, 4.69) is 10.2 Å². The number of guanidine groups is 1. The second-order valence-electron chi connectivity index (χ2n) is 3.22. The Morgan fingerprint density at radius 1 is 1.00 bits per heavy atom. The third kappa shape index (κ3) is 3.27. The molecule has 0 aliphatic heterocycles. The molecule has 0 aliphatic carbocycles. The van der Waals surface area contributed by atoms with Crippen molar-refractivity contribution in [1.29, 1.82) is 0 Å². The highest BCUT2D eigenvalue weighted by Gasteiger charge is 2.10. The highest BCUT2D eigenvalue weighted by Crippen LogP contribution is 2.33. The maximum absolute atomic E-state index is 5.21. The van der Waals surface area contributed by atoms with E-state index in [0.717, 1.165) is 0 Å². The Bertz CT molecular complexity index is 468. The molecule has 4 N–H and O–H groups in total. The molecule has 0 bridgehead atoms. The molecule has 0 radical (unpaired) electrons. The van der Waals surface area contributed by atoms with Gasteiger partial charge in [0.1, 0.15) is 5.75 Å². The van der Waals surface area contributed by atoms with Crippen molar-refractivity contribution in [3.8, 4) is 17.2 Å². The van der Waals surface area contributed by atoms with Crippen molar-refractivity contribution >= 4 is 12.2 Å². The van der Waals surface area contributed by atoms with Gasteiger partial charge in [-0.2, -0.15) is 5.10 Å². The minimum atomic E-state index is -0.120. The topological polar surface area (TPSA) is 104 Å². The van der Waals surface area contributed by atoms with Crippen LogP contribution in [0.15, 0.2) is 22.3 Å². The van der Waals surface area contributed by atoms with Crippen LogP contribution >= 0.6 is 0 Å². The maximum atomic E-state index is 5.21. The molecular weight excluding hydrogens is 236 g/mol. The van der Waals surface area contributed by atoms with Gasteiger partial charge in [-0.1, -0.05) is 0 Å². The van der Waals surface area contributed by atoms with Gasteiger partial charge in [-0.25, -0.2) is 0 Å². The number of hydrogen-bond donors (Lipinski definition) is 2. The van der Waals surface area contributed by atoms with Gasteiger partial charge in [0, 0.05) is 11.6 Å². The molecule has 0 heterocycles. The number of rotatable bonds is 5. The summed E-state index contributed by atoms with van der Waals surface area (Å²) in [5.74, 6) is 1.57. The van der Waals surface area contributed by atoms with Crippen LogP contribution in [0, 0.1) is 0 Å². The number of methoxy groups -OCH3 is 3. The van der Waals surface area contributed by atoms with Crippen LogP contribution in [0.5, 0.6) is 17.2 Å². The predicted molar refractivity (Wildman–Crippen MR) is 69.5 cm³/mol. The third-order valence-electron chi connectivity index (χ3n) is 2.11. The van der Waals surface area contributed by atoms with E-state index < -0.39 is 0 Å². The van der Waals surface area contributed by atoms with Crippen LogP contribution in [0.3, 0.4) is 0 Å². The lowest BCUT2D eigenvalue weighted by molar-refractivity contribution is 0.349. The maximum Gasteiger partial charge on any atom is 0.211 e. The van der Waals surface area contributed by atoms with Crippen molar-refractivity contribution in [1.82, 2.24) is 0 Å². The average Bonchev–Trinajstić information content (AvgIpc) is 2.37. The van der Waals surface area contributed by atoms with Crippen LogP contribution in [0.2, 0.25) is 0 Å². The van der Waals surface area contributed by atoms with Crippen molar-refractivity contribution in [3.63, 3.8) is 0 Å². The summed E-state index contributed by atoms with van der Waals surface area (Å²) in [6.45, 7) is 0. The first-order chi connectivity index (χ1) is 8.62. The molecule has 0 amide bonds. The van der Waals surface area contributed by atoms with Crippen LogP contribution in [0.25, 0.3) is 0 Å². The fraction of sp³-hybridized carbons (Fsp3) is 0.273. The molecule has 0 saturated heterocycles. The molecule has 0 spiro atoms. The summed E-state index contributed by atoms with van der Waals surface area (Å²) >= 11 is 0. The molecule has 7 heteroatoms. The van der Waals surface area contributed by atoms with Gasteiger partial charge in [-0.05, 0) is 6.07 Å². The van der Waals surface area contributed by atoms with Crippen molar-refractivity contribution in [3.05, 3.63) is 17.7 Å². The van der Waals surface area contributed by atoms with Crippen LogP contribution < -0.4 is 25.7 Å². The Labute approximate surface area is 105 Å². The van der Waals surface area contributed by atoms with Gasteiger partial charge in [-0.3, -0.25) is 0 Å². The van der Waals surface area contributed by atoms with E-state index >= 15 is 0 Å². The fourth-order valence-electron chi connectivity index (χ4n) is 1.31. The zero-order chi connectivity index (χ0) is 13.5. The molecule has 0 atom stereocenters. The van der Waals surface area contributed by atoms with Gasteiger partial charge in [0.25, 0.3) is 0 Å². The van der Waals surface area contributed by atoms with Crippen LogP contribution in [0.4, 0.5) is 0 Å². The van der Waals surface area contributed by atoms with E-state index in [1.165, 1.54) is 6.21 Å². The zero-order valence-electron chi connectivity index (χ0n) is 10.5. The molecule has 1 aromatic rings. The number of ether oxygens (including phenoxy) is 3. The monoisotopic (exact) mass is 252 g/mol. The van der Waals surface area contributed by atoms with Crippen molar-refractivity contribution in [2.24, 2.45) is 21.7 Å². The molecule has 1 rings (SSSR count). The SMILES string of the molecule is COc1cc(OC)c(OC)cc1C=NN=C(N)N. The van der Waals surface area contributed by atoms with Gasteiger partial charge >= 0.3 is 0 Å². The Kier molecular flexibility index (Phi) is 4.79. The van der Waals surface area contributed by atoms with E-state index in [4.69, 9.17) is 25.7 Å². The summed E-state index contributed by atoms with van der Waals surface area (Å²) in [7, 11) is 4.63. The van der Waals surface area contributed by atoms with Crippen molar-refractivity contribution < 1.29 is 14.2 Å². The van der Waals surface area contributed by atoms with Crippen molar-refractivity contribution in [2.75, 3.05) is 21.3 Å². The van der Waals surface area contributed by atoms with Gasteiger partial charge in [0.2, 0.25) is 5.96 Å². The number of hydrogen-bond acceptors (Lipinski definition) is 5. The van der Waals surface area contributed by atoms with Crippen LogP contribution in [-0.4, -0.2) is 33.5 Å². The lowest BCUT2D eigenvalue weighted by Gasteiger charge is -2.11. The van der Waals surface area contributed by atoms with E-state index in [0.29, 0.717) is 22.8 Å². The van der Waals surface area contributed by atoms with E-state index in [1.54, 1.807) is 33.5 Å². The molecule has 18 heavy (non-hydrogen) atoms. The van der Waals surface area contributed by atoms with Crippen molar-refractivity contribution in [2.45, 2.75) is 0 Å². The molecule has 1 aromatic carbocycles. The minimum Gasteiger partial charge on any atom is -0.496 e. The minimum absolute atomic E-state index is 0.120. The normalized spacial score (nSPS) is 10.2. The van der Waals surface area contributed by atoms with E-state index in [9.17, 15) is 0 Å². The lowest BCUT2D eigenvalue weighted by atomic mass is 10.2. The molecule has 98 valence electrons. The summed E-state index contributed by atoms with van der Waals surface area (Å²) in [6.07, 6.45) is 1.46. The second-order valence-corrected chi connectivity index (χ2v) is 3.22. The quantitative estimate of drug-likeness (QED) is 0.446. The lowest BCUT2D eigenvalue weighted by Crippen LogP contribution is -2.21. The summed E-state index contributed by atoms with van der Waals surface area (Å²) in [4.78, 5) is 0. The Morgan fingerprint density at radius 2 is 1.56 bits per heavy atom.